The van der Waals surface area contributed by atoms with E-state index in [4.69, 9.17) is 4.74 Å². The van der Waals surface area contributed by atoms with Crippen molar-refractivity contribution in [2.45, 2.75) is 26.9 Å². The number of ether oxygens (including phenoxy) is 1. The zero-order valence-electron chi connectivity index (χ0n) is 13.2. The van der Waals surface area contributed by atoms with E-state index in [1.807, 2.05) is 0 Å². The minimum Gasteiger partial charge on any atom is -0.462 e. The monoisotopic (exact) mass is 340 g/mol. The van der Waals surface area contributed by atoms with Crippen LogP contribution in [0.3, 0.4) is 0 Å². The molecule has 2 aromatic rings. The molecular formula is C16H15F3N2O3. The highest BCUT2D eigenvalue weighted by Gasteiger charge is 2.35. The van der Waals surface area contributed by atoms with Crippen molar-refractivity contribution in [3.63, 3.8) is 0 Å². The van der Waals surface area contributed by atoms with E-state index in [-0.39, 0.29) is 29.3 Å². The molecule has 0 aliphatic heterocycles. The van der Waals surface area contributed by atoms with E-state index in [0.29, 0.717) is 5.56 Å². The van der Waals surface area contributed by atoms with Crippen LogP contribution in [0.2, 0.25) is 0 Å². The lowest BCUT2D eigenvalue weighted by molar-refractivity contribution is -0.137. The topological polar surface area (TPSA) is 72.0 Å². The fourth-order valence-corrected chi connectivity index (χ4v) is 2.37. The summed E-state index contributed by atoms with van der Waals surface area (Å²) in [7, 11) is 0. The Morgan fingerprint density at radius 1 is 1.29 bits per heavy atom. The second kappa shape index (κ2) is 6.46. The first-order chi connectivity index (χ1) is 11.2. The summed E-state index contributed by atoms with van der Waals surface area (Å²) in [4.78, 5) is 30.2. The number of hydrogen-bond acceptors (Lipinski definition) is 4. The lowest BCUT2D eigenvalue weighted by Crippen LogP contribution is -2.24. The second-order valence-corrected chi connectivity index (χ2v) is 5.09. The molecule has 0 aliphatic carbocycles. The van der Waals surface area contributed by atoms with Crippen LogP contribution in [0, 0.1) is 13.8 Å². The molecular weight excluding hydrogens is 325 g/mol. The first-order valence-corrected chi connectivity index (χ1v) is 7.12. The quantitative estimate of drug-likeness (QED) is 0.871. The normalized spacial score (nSPS) is 11.4. The zero-order chi connectivity index (χ0) is 18.1. The molecule has 1 aromatic heterocycles. The van der Waals surface area contributed by atoms with E-state index in [1.165, 1.54) is 26.0 Å². The maximum atomic E-state index is 13.2. The first kappa shape index (κ1) is 17.7. The third-order valence-electron chi connectivity index (χ3n) is 3.39. The highest BCUT2D eigenvalue weighted by molar-refractivity contribution is 5.90. The molecule has 0 unspecified atom stereocenters. The van der Waals surface area contributed by atoms with Gasteiger partial charge in [-0.1, -0.05) is 12.1 Å². The highest BCUT2D eigenvalue weighted by Crippen LogP contribution is 2.37. The van der Waals surface area contributed by atoms with E-state index in [9.17, 15) is 22.8 Å². The number of aryl methyl sites for hydroxylation is 2. The predicted molar refractivity (Wildman–Crippen MR) is 80.7 cm³/mol. The number of H-pyrrole nitrogens is 1. The van der Waals surface area contributed by atoms with Gasteiger partial charge in [0.1, 0.15) is 11.4 Å². The van der Waals surface area contributed by atoms with Crippen LogP contribution in [0.25, 0.3) is 11.4 Å². The van der Waals surface area contributed by atoms with Gasteiger partial charge in [0.25, 0.3) is 5.56 Å². The van der Waals surface area contributed by atoms with Gasteiger partial charge >= 0.3 is 12.1 Å². The summed E-state index contributed by atoms with van der Waals surface area (Å²) in [5.41, 5.74) is -1.98. The number of benzene rings is 1. The summed E-state index contributed by atoms with van der Waals surface area (Å²) >= 11 is 0. The molecule has 0 spiro atoms. The van der Waals surface area contributed by atoms with Gasteiger partial charge in [0, 0.05) is 5.56 Å². The van der Waals surface area contributed by atoms with Gasteiger partial charge in [-0.15, -0.1) is 0 Å². The molecule has 24 heavy (non-hydrogen) atoms. The van der Waals surface area contributed by atoms with E-state index < -0.39 is 23.3 Å². The van der Waals surface area contributed by atoms with E-state index in [1.54, 1.807) is 6.92 Å². The summed E-state index contributed by atoms with van der Waals surface area (Å²) < 4.78 is 44.4. The fraction of sp³-hybridized carbons (Fsp3) is 0.312. The Morgan fingerprint density at radius 3 is 2.50 bits per heavy atom. The van der Waals surface area contributed by atoms with Crippen molar-refractivity contribution in [3.05, 3.63) is 50.9 Å². The molecule has 0 fully saturated rings. The number of nitrogens with one attached hydrogen (secondary N) is 1. The van der Waals surface area contributed by atoms with Crippen molar-refractivity contribution < 1.29 is 22.7 Å². The number of nitrogens with zero attached hydrogens (tertiary/aromatic N) is 1. The van der Waals surface area contributed by atoms with Crippen LogP contribution < -0.4 is 5.56 Å². The lowest BCUT2D eigenvalue weighted by atomic mass is 10.0. The SMILES string of the molecule is CCOC(=O)c1c(C)nc(-c2c(C)cccc2C(F)(F)F)[nH]c1=O. The Kier molecular flexibility index (Phi) is 4.77. The third kappa shape index (κ3) is 3.32. The summed E-state index contributed by atoms with van der Waals surface area (Å²) in [5.74, 6) is -1.10. The first-order valence-electron chi connectivity index (χ1n) is 7.12. The number of halogens is 3. The average Bonchev–Trinajstić information content (AvgIpc) is 2.45. The third-order valence-corrected chi connectivity index (χ3v) is 3.39. The van der Waals surface area contributed by atoms with E-state index in [0.717, 1.165) is 6.07 Å². The van der Waals surface area contributed by atoms with Crippen molar-refractivity contribution in [1.29, 1.82) is 0 Å². The lowest BCUT2D eigenvalue weighted by Gasteiger charge is -2.15. The molecule has 1 aromatic carbocycles. The highest BCUT2D eigenvalue weighted by atomic mass is 19.4. The molecule has 2 rings (SSSR count). The Balaban J connectivity index is 2.69. The number of alkyl halides is 3. The summed E-state index contributed by atoms with van der Waals surface area (Å²) in [6.07, 6.45) is -4.60. The fourth-order valence-electron chi connectivity index (χ4n) is 2.37. The van der Waals surface area contributed by atoms with Crippen LogP contribution in [0.1, 0.15) is 34.1 Å². The van der Waals surface area contributed by atoms with Crippen LogP contribution >= 0.6 is 0 Å². The van der Waals surface area contributed by atoms with Crippen molar-refractivity contribution in [3.8, 4) is 11.4 Å². The molecule has 1 N–H and O–H groups in total. The molecule has 0 aliphatic rings. The van der Waals surface area contributed by atoms with Crippen molar-refractivity contribution in [1.82, 2.24) is 9.97 Å². The van der Waals surface area contributed by atoms with Crippen molar-refractivity contribution >= 4 is 5.97 Å². The standard InChI is InChI=1S/C16H15F3N2O3/c1-4-24-15(23)12-9(3)20-13(21-14(12)22)11-8(2)6-5-7-10(11)16(17,18)19/h5-7H,4H2,1-3H3,(H,20,21,22). The Morgan fingerprint density at radius 2 is 1.96 bits per heavy atom. The maximum absolute atomic E-state index is 13.2. The minimum absolute atomic E-state index is 0.00331. The molecule has 0 saturated heterocycles. The smallest absolute Gasteiger partial charge is 0.417 e. The summed E-state index contributed by atoms with van der Waals surface area (Å²) in [6.45, 7) is 4.50. The Hall–Kier alpha value is -2.64. The molecule has 0 radical (unpaired) electrons. The van der Waals surface area contributed by atoms with Gasteiger partial charge in [-0.05, 0) is 32.4 Å². The second-order valence-electron chi connectivity index (χ2n) is 5.09. The summed E-state index contributed by atoms with van der Waals surface area (Å²) in [5, 5.41) is 0. The number of esters is 1. The van der Waals surface area contributed by atoms with Crippen LogP contribution in [0.4, 0.5) is 13.2 Å². The number of carbonyl (C=O) groups excluding carboxylic acids is 1. The molecule has 128 valence electrons. The van der Waals surface area contributed by atoms with Gasteiger partial charge < -0.3 is 9.72 Å². The van der Waals surface area contributed by atoms with Crippen LogP contribution in [-0.2, 0) is 10.9 Å². The molecule has 0 atom stereocenters. The van der Waals surface area contributed by atoms with E-state index >= 15 is 0 Å². The molecule has 8 heteroatoms. The molecule has 1 heterocycles. The molecule has 0 saturated carbocycles. The van der Waals surface area contributed by atoms with Gasteiger partial charge in [-0.25, -0.2) is 9.78 Å². The Bertz CT molecular complexity index is 841. The van der Waals surface area contributed by atoms with Crippen molar-refractivity contribution in [2.24, 2.45) is 0 Å². The van der Waals surface area contributed by atoms with Crippen molar-refractivity contribution in [2.75, 3.05) is 6.61 Å². The Labute approximate surface area is 135 Å². The number of aromatic amines is 1. The van der Waals surface area contributed by atoms with Gasteiger partial charge in [0.15, 0.2) is 0 Å². The number of carbonyl (C=O) groups is 1. The molecule has 0 amide bonds. The van der Waals surface area contributed by atoms with Gasteiger partial charge in [-0.3, -0.25) is 4.79 Å². The number of aromatic nitrogens is 2. The molecule has 5 nitrogen and oxygen atoms in total. The largest absolute Gasteiger partial charge is 0.462 e. The van der Waals surface area contributed by atoms with Crippen LogP contribution in [0.15, 0.2) is 23.0 Å². The number of hydrogen-bond donors (Lipinski definition) is 1. The summed E-state index contributed by atoms with van der Waals surface area (Å²) in [6, 6.07) is 3.68. The average molecular weight is 340 g/mol. The zero-order valence-corrected chi connectivity index (χ0v) is 13.2. The van der Waals surface area contributed by atoms with Gasteiger partial charge in [0.2, 0.25) is 0 Å². The molecule has 0 bridgehead atoms. The minimum atomic E-state index is -4.60. The maximum Gasteiger partial charge on any atom is 0.417 e. The number of rotatable bonds is 3. The van der Waals surface area contributed by atoms with Gasteiger partial charge in [0.05, 0.1) is 17.9 Å². The van der Waals surface area contributed by atoms with Gasteiger partial charge in [-0.2, -0.15) is 13.2 Å². The van der Waals surface area contributed by atoms with Crippen LogP contribution in [0.5, 0.6) is 0 Å². The van der Waals surface area contributed by atoms with E-state index in [2.05, 4.69) is 9.97 Å². The predicted octanol–water partition coefficient (Wildman–Crippen LogP) is 3.25. The van der Waals surface area contributed by atoms with Crippen LogP contribution in [-0.4, -0.2) is 22.5 Å².